The molecule has 0 fully saturated rings. The van der Waals surface area contributed by atoms with E-state index in [2.05, 4.69) is 19.4 Å². The highest BCUT2D eigenvalue weighted by molar-refractivity contribution is 7.98. The number of hydrogen-bond donors (Lipinski definition) is 3. The first-order valence-electron chi connectivity index (χ1n) is 7.73. The van der Waals surface area contributed by atoms with Gasteiger partial charge in [-0.2, -0.15) is 20.2 Å². The van der Waals surface area contributed by atoms with Gasteiger partial charge < -0.3 is 25.1 Å². The lowest BCUT2D eigenvalue weighted by molar-refractivity contribution is 0.300. The van der Waals surface area contributed by atoms with Gasteiger partial charge in [-0.05, 0) is 26.2 Å². The number of furan rings is 1. The van der Waals surface area contributed by atoms with Gasteiger partial charge in [0.1, 0.15) is 11.5 Å². The minimum atomic E-state index is -3.82. The van der Waals surface area contributed by atoms with Crippen LogP contribution in [-0.4, -0.2) is 69.6 Å². The SMILES string of the molecule is CN(C)Cc1ccc(CSCCNC2=NS(=O)(=O)N=C2NCCO)o1. The van der Waals surface area contributed by atoms with Crippen LogP contribution in [0.5, 0.6) is 0 Å². The Balaban J connectivity index is 1.72. The van der Waals surface area contributed by atoms with Gasteiger partial charge >= 0.3 is 10.2 Å². The van der Waals surface area contributed by atoms with Crippen LogP contribution in [0, 0.1) is 0 Å². The monoisotopic (exact) mass is 389 g/mol. The van der Waals surface area contributed by atoms with E-state index in [1.54, 1.807) is 11.8 Å². The molecular weight excluding hydrogens is 366 g/mol. The molecule has 2 rings (SSSR count). The maximum atomic E-state index is 11.4. The van der Waals surface area contributed by atoms with Crippen molar-refractivity contribution in [1.82, 2.24) is 15.5 Å². The highest BCUT2D eigenvalue weighted by Crippen LogP contribution is 2.16. The maximum Gasteiger partial charge on any atom is 0.367 e. The van der Waals surface area contributed by atoms with Crippen LogP contribution in [0.15, 0.2) is 25.3 Å². The first-order chi connectivity index (χ1) is 11.9. The van der Waals surface area contributed by atoms with Crippen molar-refractivity contribution >= 4 is 33.6 Å². The number of nitrogens with one attached hydrogen (secondary N) is 2. The second-order valence-electron chi connectivity index (χ2n) is 5.56. The Morgan fingerprint density at radius 3 is 2.44 bits per heavy atom. The molecule has 0 saturated heterocycles. The number of nitrogens with zero attached hydrogens (tertiary/aromatic N) is 3. The topological polar surface area (TPSA) is 120 Å². The predicted octanol–water partition coefficient (Wildman–Crippen LogP) is -0.199. The quantitative estimate of drug-likeness (QED) is 0.497. The van der Waals surface area contributed by atoms with E-state index >= 15 is 0 Å². The zero-order valence-corrected chi connectivity index (χ0v) is 15.9. The lowest BCUT2D eigenvalue weighted by Gasteiger charge is -2.08. The van der Waals surface area contributed by atoms with Gasteiger partial charge in [0, 0.05) is 18.8 Å². The molecule has 0 aromatic carbocycles. The highest BCUT2D eigenvalue weighted by Gasteiger charge is 2.23. The Bertz CT molecular complexity index is 727. The molecule has 3 N–H and O–H groups in total. The van der Waals surface area contributed by atoms with E-state index in [9.17, 15) is 8.42 Å². The second kappa shape index (κ2) is 9.22. The van der Waals surface area contributed by atoms with E-state index in [0.29, 0.717) is 6.54 Å². The Morgan fingerprint density at radius 1 is 1.16 bits per heavy atom. The van der Waals surface area contributed by atoms with Crippen molar-refractivity contribution in [3.63, 3.8) is 0 Å². The summed E-state index contributed by atoms with van der Waals surface area (Å²) >= 11 is 1.67. The minimum Gasteiger partial charge on any atom is -0.464 e. The fourth-order valence-electron chi connectivity index (χ4n) is 2.05. The van der Waals surface area contributed by atoms with Crippen LogP contribution in [0.1, 0.15) is 11.5 Å². The molecule has 140 valence electrons. The Hall–Kier alpha value is -1.56. The molecule has 11 heteroatoms. The summed E-state index contributed by atoms with van der Waals surface area (Å²) in [5.41, 5.74) is 0. The molecule has 1 aromatic rings. The molecule has 0 saturated carbocycles. The molecule has 0 aliphatic carbocycles. The van der Waals surface area contributed by atoms with E-state index in [4.69, 9.17) is 9.52 Å². The fourth-order valence-corrected chi connectivity index (χ4v) is 3.61. The molecule has 1 aliphatic rings. The van der Waals surface area contributed by atoms with E-state index in [0.717, 1.165) is 29.6 Å². The predicted molar refractivity (Wildman–Crippen MR) is 99.1 cm³/mol. The number of hydrogen-bond acceptors (Lipinski definition) is 8. The number of aliphatic hydroxyl groups is 1. The van der Waals surface area contributed by atoms with E-state index in [-0.39, 0.29) is 24.8 Å². The fraction of sp³-hybridized carbons (Fsp3) is 0.571. The standard InChI is InChI=1S/C14H23N5O4S2/c1-19(2)9-11-3-4-12(23-11)10-24-8-6-16-14-13(15-5-7-20)17-25(21,22)18-14/h3-4,20H,5-10H2,1-2H3,(H,15,17)(H,16,18). The summed E-state index contributed by atoms with van der Waals surface area (Å²) in [5.74, 6) is 3.65. The third-order valence-electron chi connectivity index (χ3n) is 3.01. The van der Waals surface area contributed by atoms with E-state index in [1.165, 1.54) is 0 Å². The molecule has 0 radical (unpaired) electrons. The van der Waals surface area contributed by atoms with Crippen LogP contribution < -0.4 is 10.6 Å². The van der Waals surface area contributed by atoms with Gasteiger partial charge in [-0.25, -0.2) is 0 Å². The van der Waals surface area contributed by atoms with Crippen molar-refractivity contribution in [2.24, 2.45) is 8.80 Å². The molecule has 9 nitrogen and oxygen atoms in total. The van der Waals surface area contributed by atoms with Crippen LogP contribution in [0.3, 0.4) is 0 Å². The van der Waals surface area contributed by atoms with Crippen molar-refractivity contribution in [3.05, 3.63) is 23.7 Å². The summed E-state index contributed by atoms with van der Waals surface area (Å²) in [5, 5.41) is 14.5. The van der Waals surface area contributed by atoms with Gasteiger partial charge in [-0.1, -0.05) is 0 Å². The Labute approximate surface area is 151 Å². The molecule has 0 atom stereocenters. The van der Waals surface area contributed by atoms with E-state index < -0.39 is 10.2 Å². The van der Waals surface area contributed by atoms with Crippen LogP contribution in [0.4, 0.5) is 0 Å². The van der Waals surface area contributed by atoms with Crippen molar-refractivity contribution in [3.8, 4) is 0 Å². The number of amidine groups is 2. The largest absolute Gasteiger partial charge is 0.464 e. The van der Waals surface area contributed by atoms with Gasteiger partial charge in [0.2, 0.25) is 0 Å². The maximum absolute atomic E-state index is 11.4. The first kappa shape index (κ1) is 19.8. The summed E-state index contributed by atoms with van der Waals surface area (Å²) in [6, 6.07) is 3.94. The number of aliphatic hydroxyl groups excluding tert-OH is 1. The van der Waals surface area contributed by atoms with Gasteiger partial charge in [-0.3, -0.25) is 0 Å². The molecule has 0 unspecified atom stereocenters. The van der Waals surface area contributed by atoms with Crippen molar-refractivity contribution < 1.29 is 17.9 Å². The number of rotatable bonds is 9. The van der Waals surface area contributed by atoms with Crippen molar-refractivity contribution in [1.29, 1.82) is 0 Å². The van der Waals surface area contributed by atoms with Crippen molar-refractivity contribution in [2.75, 3.05) is 39.5 Å². The molecule has 0 spiro atoms. The zero-order chi connectivity index (χ0) is 18.3. The average Bonchev–Trinajstić information content (AvgIpc) is 3.08. The summed E-state index contributed by atoms with van der Waals surface area (Å²) < 4.78 is 35.6. The summed E-state index contributed by atoms with van der Waals surface area (Å²) in [6.45, 7) is 1.38. The minimum absolute atomic E-state index is 0.124. The second-order valence-corrected chi connectivity index (χ2v) is 7.93. The Morgan fingerprint density at radius 2 is 1.80 bits per heavy atom. The normalized spacial score (nSPS) is 16.0. The highest BCUT2D eigenvalue weighted by atomic mass is 32.2. The van der Waals surface area contributed by atoms with Crippen LogP contribution >= 0.6 is 11.8 Å². The summed E-state index contributed by atoms with van der Waals surface area (Å²) in [7, 11) is 0.151. The van der Waals surface area contributed by atoms with Gasteiger partial charge in [-0.15, -0.1) is 8.80 Å². The molecule has 0 bridgehead atoms. The first-order valence-corrected chi connectivity index (χ1v) is 10.3. The average molecular weight is 390 g/mol. The molecule has 2 heterocycles. The summed E-state index contributed by atoms with van der Waals surface area (Å²) in [6.07, 6.45) is 0. The van der Waals surface area contributed by atoms with Gasteiger partial charge in [0.05, 0.1) is 18.9 Å². The van der Waals surface area contributed by atoms with E-state index in [1.807, 2.05) is 31.1 Å². The van der Waals surface area contributed by atoms with Gasteiger partial charge in [0.15, 0.2) is 11.7 Å². The van der Waals surface area contributed by atoms with Crippen LogP contribution in [-0.2, 0) is 22.5 Å². The molecule has 1 aliphatic heterocycles. The third kappa shape index (κ3) is 6.69. The smallest absolute Gasteiger partial charge is 0.367 e. The number of thioether (sulfide) groups is 1. The lowest BCUT2D eigenvalue weighted by atomic mass is 10.4. The van der Waals surface area contributed by atoms with Crippen molar-refractivity contribution in [2.45, 2.75) is 12.3 Å². The Kier molecular flexibility index (Phi) is 7.29. The third-order valence-corrected chi connectivity index (χ3v) is 4.82. The van der Waals surface area contributed by atoms with Crippen LogP contribution in [0.2, 0.25) is 0 Å². The summed E-state index contributed by atoms with van der Waals surface area (Å²) in [4.78, 5) is 2.04. The lowest BCUT2D eigenvalue weighted by Crippen LogP contribution is -2.40. The zero-order valence-electron chi connectivity index (χ0n) is 14.2. The molecule has 1 aromatic heterocycles. The molecule has 25 heavy (non-hydrogen) atoms. The molecule has 0 amide bonds. The van der Waals surface area contributed by atoms with Gasteiger partial charge in [0.25, 0.3) is 0 Å². The van der Waals surface area contributed by atoms with Crippen LogP contribution in [0.25, 0.3) is 0 Å². The molecular formula is C14H23N5O4S2.